The van der Waals surface area contributed by atoms with Crippen LogP contribution in [0.5, 0.6) is 5.75 Å². The highest BCUT2D eigenvalue weighted by Gasteiger charge is 2.36. The molecule has 3 rings (SSSR count). The number of nitrogen functional groups attached to an aromatic ring is 2. The summed E-state index contributed by atoms with van der Waals surface area (Å²) >= 11 is 3.08. The first-order chi connectivity index (χ1) is 14.1. The first-order valence-electron chi connectivity index (χ1n) is 7.79. The van der Waals surface area contributed by atoms with Gasteiger partial charge in [-0.1, -0.05) is 15.9 Å². The molecule has 6 N–H and O–H groups in total. The van der Waals surface area contributed by atoms with Crippen molar-refractivity contribution in [2.24, 2.45) is 4.99 Å². The minimum absolute atomic E-state index is 0.0204. The van der Waals surface area contributed by atoms with Crippen molar-refractivity contribution in [1.82, 2.24) is 10.3 Å². The van der Waals surface area contributed by atoms with Crippen molar-refractivity contribution in [3.8, 4) is 18.0 Å². The van der Waals surface area contributed by atoms with E-state index >= 15 is 4.39 Å². The van der Waals surface area contributed by atoms with Crippen LogP contribution >= 0.6 is 15.9 Å². The van der Waals surface area contributed by atoms with Gasteiger partial charge in [-0.25, -0.2) is 14.4 Å². The maximum Gasteiger partial charge on any atom is 0.573 e. The van der Waals surface area contributed by atoms with E-state index in [0.29, 0.717) is 0 Å². The average Bonchev–Trinajstić information content (AvgIpc) is 2.63. The second-order valence-corrected chi connectivity index (χ2v) is 6.58. The number of hydrogen-bond donors (Lipinski definition) is 4. The number of nitriles is 2. The van der Waals surface area contributed by atoms with Crippen LogP contribution in [0, 0.1) is 28.6 Å². The molecule has 2 aromatic rings. The maximum absolute atomic E-state index is 15.1. The van der Waals surface area contributed by atoms with Crippen LogP contribution in [0.25, 0.3) is 0 Å². The van der Waals surface area contributed by atoms with E-state index in [2.05, 4.69) is 41.3 Å². The summed E-state index contributed by atoms with van der Waals surface area (Å²) in [6, 6.07) is 2.26. The van der Waals surface area contributed by atoms with E-state index in [1.165, 1.54) is 0 Å². The van der Waals surface area contributed by atoms with Crippen LogP contribution in [-0.2, 0) is 0 Å². The molecular weight excluding hydrogens is 476 g/mol. The molecule has 0 fully saturated rings. The SMILES string of the molecule is N#CNC1=NC(c2c(Br)ccc(OC(F)(F)F)c2F)c2c(nc(N)c(C#N)c2N)N1. The Morgan fingerprint density at radius 3 is 2.53 bits per heavy atom. The van der Waals surface area contributed by atoms with Gasteiger partial charge in [-0.15, -0.1) is 13.2 Å². The minimum atomic E-state index is -5.14. The molecule has 1 aliphatic heterocycles. The van der Waals surface area contributed by atoms with Crippen molar-refractivity contribution < 1.29 is 22.3 Å². The van der Waals surface area contributed by atoms with Gasteiger partial charge in [0.1, 0.15) is 29.3 Å². The predicted octanol–water partition coefficient (Wildman–Crippen LogP) is 2.86. The smallest absolute Gasteiger partial charge is 0.403 e. The molecule has 2 heterocycles. The number of benzene rings is 1. The molecule has 0 amide bonds. The van der Waals surface area contributed by atoms with Gasteiger partial charge in [0.15, 0.2) is 17.8 Å². The second kappa shape index (κ2) is 7.57. The van der Waals surface area contributed by atoms with E-state index in [4.69, 9.17) is 16.7 Å². The lowest BCUT2D eigenvalue weighted by atomic mass is 9.94. The summed E-state index contributed by atoms with van der Waals surface area (Å²) in [6.07, 6.45) is -3.54. The molecule has 1 unspecified atom stereocenters. The largest absolute Gasteiger partial charge is 0.573 e. The molecule has 14 heteroatoms. The van der Waals surface area contributed by atoms with Gasteiger partial charge in [0.25, 0.3) is 0 Å². The van der Waals surface area contributed by atoms with E-state index in [-0.39, 0.29) is 44.4 Å². The number of hydrogen-bond acceptors (Lipinski definition) is 9. The second-order valence-electron chi connectivity index (χ2n) is 5.72. The Bertz CT molecular complexity index is 1150. The van der Waals surface area contributed by atoms with Crippen LogP contribution in [0.15, 0.2) is 21.6 Å². The molecule has 0 radical (unpaired) electrons. The highest BCUT2D eigenvalue weighted by molar-refractivity contribution is 9.10. The molecule has 0 aliphatic carbocycles. The zero-order valence-corrected chi connectivity index (χ0v) is 16.1. The molecule has 30 heavy (non-hydrogen) atoms. The Morgan fingerprint density at radius 1 is 1.23 bits per heavy atom. The third kappa shape index (κ3) is 3.72. The predicted molar refractivity (Wildman–Crippen MR) is 100 cm³/mol. The first-order valence-corrected chi connectivity index (χ1v) is 8.59. The molecule has 1 atom stereocenters. The molecule has 1 aromatic heterocycles. The van der Waals surface area contributed by atoms with E-state index in [1.807, 2.05) is 0 Å². The van der Waals surface area contributed by atoms with Gasteiger partial charge in [0.05, 0.1) is 5.69 Å². The number of aromatic nitrogens is 1. The Hall–Kier alpha value is -3.78. The molecule has 1 aliphatic rings. The number of halogens is 5. The topological polar surface area (TPSA) is 158 Å². The third-order valence-electron chi connectivity index (χ3n) is 3.95. The number of guanidine groups is 1. The molecule has 0 saturated carbocycles. The Balaban J connectivity index is 2.30. The number of rotatable bonds is 2. The minimum Gasteiger partial charge on any atom is -0.403 e. The van der Waals surface area contributed by atoms with Crippen molar-refractivity contribution in [3.63, 3.8) is 0 Å². The van der Waals surface area contributed by atoms with Crippen molar-refractivity contribution in [2.75, 3.05) is 16.8 Å². The molecule has 0 bridgehead atoms. The van der Waals surface area contributed by atoms with Crippen molar-refractivity contribution >= 4 is 39.2 Å². The fourth-order valence-electron chi connectivity index (χ4n) is 2.79. The van der Waals surface area contributed by atoms with Gasteiger partial charge in [0, 0.05) is 15.6 Å². The van der Waals surface area contributed by atoms with E-state index in [0.717, 1.165) is 12.1 Å². The summed E-state index contributed by atoms with van der Waals surface area (Å²) in [7, 11) is 0. The Kier molecular flexibility index (Phi) is 5.28. The van der Waals surface area contributed by atoms with Crippen LogP contribution in [0.1, 0.15) is 22.7 Å². The Morgan fingerprint density at radius 2 is 1.93 bits per heavy atom. The van der Waals surface area contributed by atoms with Gasteiger partial charge in [-0.2, -0.15) is 10.5 Å². The van der Waals surface area contributed by atoms with Crippen LogP contribution in [0.4, 0.5) is 34.9 Å². The van der Waals surface area contributed by atoms with Crippen LogP contribution in [-0.4, -0.2) is 17.3 Å². The van der Waals surface area contributed by atoms with Crippen molar-refractivity contribution in [2.45, 2.75) is 12.4 Å². The number of nitrogens with two attached hydrogens (primary N) is 2. The number of alkyl halides is 3. The first kappa shape index (κ1) is 20.9. The van der Waals surface area contributed by atoms with Gasteiger partial charge in [-0.3, -0.25) is 5.32 Å². The van der Waals surface area contributed by atoms with Crippen LogP contribution < -0.4 is 26.8 Å². The molecular formula is C16H9BrF4N8O. The number of nitrogens with one attached hydrogen (secondary N) is 2. The third-order valence-corrected chi connectivity index (χ3v) is 4.64. The summed E-state index contributed by atoms with van der Waals surface area (Å²) < 4.78 is 56.7. The lowest BCUT2D eigenvalue weighted by Crippen LogP contribution is -2.33. The number of fused-ring (bicyclic) bond motifs is 1. The highest BCUT2D eigenvalue weighted by atomic mass is 79.9. The zero-order chi connectivity index (χ0) is 22.2. The average molecular weight is 485 g/mol. The van der Waals surface area contributed by atoms with Crippen molar-refractivity contribution in [1.29, 1.82) is 10.5 Å². The van der Waals surface area contributed by atoms with Gasteiger partial charge in [-0.05, 0) is 12.1 Å². The van der Waals surface area contributed by atoms with E-state index < -0.39 is 24.0 Å². The molecule has 1 aromatic carbocycles. The van der Waals surface area contributed by atoms with Gasteiger partial charge < -0.3 is 21.5 Å². The standard InChI is InChI=1S/C16H9BrF4N8O/c17-6-1-2-7(30-16(19,20)21)10(18)8(6)12-9-11(24)5(3-22)13(25)28-14(9)29-15(27-12)26-4-23/h1-2,12H,(H6,24,25,26,27,28,29). The molecule has 0 saturated heterocycles. The van der Waals surface area contributed by atoms with E-state index in [1.54, 1.807) is 12.3 Å². The fourth-order valence-corrected chi connectivity index (χ4v) is 3.32. The van der Waals surface area contributed by atoms with Gasteiger partial charge in [0.2, 0.25) is 5.96 Å². The van der Waals surface area contributed by atoms with Crippen LogP contribution in [0.2, 0.25) is 0 Å². The zero-order valence-electron chi connectivity index (χ0n) is 14.5. The number of ether oxygens (including phenoxy) is 1. The molecule has 0 spiro atoms. The highest BCUT2D eigenvalue weighted by Crippen LogP contribution is 2.45. The number of nitrogens with zero attached hydrogens (tertiary/aromatic N) is 4. The quantitative estimate of drug-likeness (QED) is 0.287. The van der Waals surface area contributed by atoms with Crippen LogP contribution in [0.3, 0.4) is 0 Å². The fraction of sp³-hybridized carbons (Fsp3) is 0.125. The summed E-state index contributed by atoms with van der Waals surface area (Å²) in [5.74, 6) is -2.98. The number of aliphatic imine (C=N–C) groups is 1. The number of pyridine rings is 1. The lowest BCUT2D eigenvalue weighted by Gasteiger charge is -2.27. The summed E-state index contributed by atoms with van der Waals surface area (Å²) in [6.45, 7) is 0. The summed E-state index contributed by atoms with van der Waals surface area (Å²) in [4.78, 5) is 8.08. The van der Waals surface area contributed by atoms with E-state index in [9.17, 15) is 18.4 Å². The number of anilines is 3. The lowest BCUT2D eigenvalue weighted by molar-refractivity contribution is -0.275. The molecule has 9 nitrogen and oxygen atoms in total. The van der Waals surface area contributed by atoms with Crippen molar-refractivity contribution in [3.05, 3.63) is 39.1 Å². The summed E-state index contributed by atoms with van der Waals surface area (Å²) in [5, 5.41) is 23.0. The summed E-state index contributed by atoms with van der Waals surface area (Å²) in [5.41, 5.74) is 10.9. The molecule has 154 valence electrons. The maximum atomic E-state index is 15.1. The van der Waals surface area contributed by atoms with Gasteiger partial charge >= 0.3 is 6.36 Å². The Labute approximate surface area is 174 Å². The normalized spacial score (nSPS) is 15.2. The monoisotopic (exact) mass is 484 g/mol.